The van der Waals surface area contributed by atoms with Crippen LogP contribution >= 0.6 is 0 Å². The highest BCUT2D eigenvalue weighted by atomic mass is 19.1. The third kappa shape index (κ3) is 0.889. The van der Waals surface area contributed by atoms with Crippen LogP contribution in [0.25, 0.3) is 0 Å². The van der Waals surface area contributed by atoms with Crippen molar-refractivity contribution in [1.29, 1.82) is 0 Å². The van der Waals surface area contributed by atoms with E-state index >= 15 is 0 Å². The van der Waals surface area contributed by atoms with Crippen LogP contribution in [0, 0.1) is 0 Å². The van der Waals surface area contributed by atoms with E-state index < -0.39 is 5.67 Å². The molecule has 0 radical (unpaired) electrons. The molecule has 0 saturated heterocycles. The Balaban J connectivity index is 2.77. The highest BCUT2D eigenvalue weighted by Gasteiger charge is 2.15. The first-order valence-corrected chi connectivity index (χ1v) is 2.27. The molecule has 0 nitrogen and oxygen atoms in total. The number of hydrogen-bond donors (Lipinski definition) is 0. The second-order valence-corrected chi connectivity index (χ2v) is 1.87. The molecule has 1 aliphatic rings. The fourth-order valence-electron chi connectivity index (χ4n) is 0.543. The molecule has 0 N–H and O–H groups in total. The molecule has 7 heavy (non-hydrogen) atoms. The van der Waals surface area contributed by atoms with Crippen molar-refractivity contribution in [2.24, 2.45) is 0 Å². The van der Waals surface area contributed by atoms with Gasteiger partial charge in [0, 0.05) is 0 Å². The van der Waals surface area contributed by atoms with Crippen molar-refractivity contribution in [3.05, 3.63) is 24.3 Å². The summed E-state index contributed by atoms with van der Waals surface area (Å²) in [6, 6.07) is 0. The molecule has 38 valence electrons. The molecule has 0 spiro atoms. The standard InChI is InChI=1S/C6H7F/c1-6(7)4-2-3-5-6/h2-5H,1H3. The summed E-state index contributed by atoms with van der Waals surface area (Å²) in [5.41, 5.74) is -1.17. The summed E-state index contributed by atoms with van der Waals surface area (Å²) in [4.78, 5) is 0. The molecule has 1 aliphatic carbocycles. The Hall–Kier alpha value is -0.590. The zero-order chi connectivity index (χ0) is 5.33. The van der Waals surface area contributed by atoms with E-state index in [4.69, 9.17) is 0 Å². The lowest BCUT2D eigenvalue weighted by atomic mass is 10.2. The fourth-order valence-corrected chi connectivity index (χ4v) is 0.543. The quantitative estimate of drug-likeness (QED) is 0.433. The lowest BCUT2D eigenvalue weighted by molar-refractivity contribution is 0.332. The van der Waals surface area contributed by atoms with E-state index in [0.29, 0.717) is 0 Å². The van der Waals surface area contributed by atoms with Gasteiger partial charge in [0.2, 0.25) is 0 Å². The monoisotopic (exact) mass is 98.1 g/mol. The van der Waals surface area contributed by atoms with Crippen LogP contribution in [0.1, 0.15) is 6.92 Å². The first-order valence-electron chi connectivity index (χ1n) is 2.27. The molecule has 0 aromatic heterocycles. The van der Waals surface area contributed by atoms with Crippen molar-refractivity contribution in [2.75, 3.05) is 0 Å². The van der Waals surface area contributed by atoms with Crippen LogP contribution in [0.3, 0.4) is 0 Å². The van der Waals surface area contributed by atoms with Gasteiger partial charge in [-0.15, -0.1) is 0 Å². The Bertz CT molecular complexity index is 106. The second kappa shape index (κ2) is 1.19. The molecule has 0 amide bonds. The molecule has 0 unspecified atom stereocenters. The van der Waals surface area contributed by atoms with Gasteiger partial charge in [-0.05, 0) is 19.1 Å². The zero-order valence-corrected chi connectivity index (χ0v) is 4.19. The van der Waals surface area contributed by atoms with E-state index in [1.807, 2.05) is 0 Å². The van der Waals surface area contributed by atoms with Crippen LogP contribution in [0.2, 0.25) is 0 Å². The van der Waals surface area contributed by atoms with E-state index in [9.17, 15) is 4.39 Å². The molecule has 0 heterocycles. The van der Waals surface area contributed by atoms with Crippen molar-refractivity contribution in [1.82, 2.24) is 0 Å². The highest BCUT2D eigenvalue weighted by molar-refractivity contribution is 5.25. The summed E-state index contributed by atoms with van der Waals surface area (Å²) in [6.45, 7) is 1.52. The number of allylic oxidation sites excluding steroid dienone is 4. The molecular formula is C6H7F. The SMILES string of the molecule is CC1(F)C=CC=C1. The number of hydrogen-bond acceptors (Lipinski definition) is 0. The average molecular weight is 98.1 g/mol. The van der Waals surface area contributed by atoms with E-state index in [1.165, 1.54) is 19.1 Å². The lowest BCUT2D eigenvalue weighted by Gasteiger charge is -2.02. The Kier molecular flexibility index (Phi) is 0.775. The van der Waals surface area contributed by atoms with Crippen molar-refractivity contribution in [3.8, 4) is 0 Å². The van der Waals surface area contributed by atoms with Crippen LogP contribution in [0.4, 0.5) is 4.39 Å². The van der Waals surface area contributed by atoms with Crippen LogP contribution in [-0.4, -0.2) is 5.67 Å². The molecular weight excluding hydrogens is 91.1 g/mol. The van der Waals surface area contributed by atoms with E-state index in [-0.39, 0.29) is 0 Å². The molecule has 1 rings (SSSR count). The van der Waals surface area contributed by atoms with Gasteiger partial charge in [-0.2, -0.15) is 0 Å². The van der Waals surface area contributed by atoms with Crippen LogP contribution in [0.15, 0.2) is 24.3 Å². The zero-order valence-electron chi connectivity index (χ0n) is 4.19. The summed E-state index contributed by atoms with van der Waals surface area (Å²) < 4.78 is 12.4. The third-order valence-corrected chi connectivity index (χ3v) is 0.955. The molecule has 1 heteroatoms. The molecule has 0 aromatic rings. The Morgan fingerprint density at radius 1 is 1.29 bits per heavy atom. The Morgan fingerprint density at radius 2 is 1.71 bits per heavy atom. The summed E-state index contributed by atoms with van der Waals surface area (Å²) in [5.74, 6) is 0. The van der Waals surface area contributed by atoms with Gasteiger partial charge in [-0.1, -0.05) is 12.2 Å². The summed E-state index contributed by atoms with van der Waals surface area (Å²) >= 11 is 0. The van der Waals surface area contributed by atoms with Gasteiger partial charge in [0.15, 0.2) is 0 Å². The minimum Gasteiger partial charge on any atom is -0.235 e. The first-order chi connectivity index (χ1) is 3.21. The Morgan fingerprint density at radius 3 is 1.86 bits per heavy atom. The maximum absolute atomic E-state index is 12.4. The van der Waals surface area contributed by atoms with Gasteiger partial charge in [0.1, 0.15) is 5.67 Å². The van der Waals surface area contributed by atoms with Gasteiger partial charge in [-0.25, -0.2) is 4.39 Å². The van der Waals surface area contributed by atoms with Crippen molar-refractivity contribution >= 4 is 0 Å². The normalized spacial score (nSPS) is 23.7. The molecule has 0 atom stereocenters. The smallest absolute Gasteiger partial charge is 0.145 e. The number of halogens is 1. The largest absolute Gasteiger partial charge is 0.235 e. The molecule has 0 saturated carbocycles. The van der Waals surface area contributed by atoms with Gasteiger partial charge in [0.25, 0.3) is 0 Å². The second-order valence-electron chi connectivity index (χ2n) is 1.87. The predicted octanol–water partition coefficient (Wildman–Crippen LogP) is 1.84. The van der Waals surface area contributed by atoms with Crippen LogP contribution in [0.5, 0.6) is 0 Å². The molecule has 0 bridgehead atoms. The maximum atomic E-state index is 12.4. The minimum atomic E-state index is -1.17. The van der Waals surface area contributed by atoms with Crippen LogP contribution < -0.4 is 0 Å². The topological polar surface area (TPSA) is 0 Å². The maximum Gasteiger partial charge on any atom is 0.145 e. The minimum absolute atomic E-state index is 1.17. The predicted molar refractivity (Wildman–Crippen MR) is 27.8 cm³/mol. The van der Waals surface area contributed by atoms with Gasteiger partial charge in [0.05, 0.1) is 0 Å². The highest BCUT2D eigenvalue weighted by Crippen LogP contribution is 2.17. The van der Waals surface area contributed by atoms with Crippen molar-refractivity contribution in [2.45, 2.75) is 12.6 Å². The molecule has 0 aromatic carbocycles. The molecule has 0 fully saturated rings. The van der Waals surface area contributed by atoms with Gasteiger partial charge >= 0.3 is 0 Å². The van der Waals surface area contributed by atoms with Crippen molar-refractivity contribution in [3.63, 3.8) is 0 Å². The van der Waals surface area contributed by atoms with Gasteiger partial charge in [-0.3, -0.25) is 0 Å². The van der Waals surface area contributed by atoms with Gasteiger partial charge < -0.3 is 0 Å². The molecule has 0 aliphatic heterocycles. The summed E-state index contributed by atoms with van der Waals surface area (Å²) in [5, 5.41) is 0. The first kappa shape index (κ1) is 4.57. The van der Waals surface area contributed by atoms with Crippen LogP contribution in [-0.2, 0) is 0 Å². The fraction of sp³-hybridized carbons (Fsp3) is 0.333. The summed E-state index contributed by atoms with van der Waals surface area (Å²) in [7, 11) is 0. The average Bonchev–Trinajstić information content (AvgIpc) is 1.84. The Labute approximate surface area is 42.3 Å². The number of rotatable bonds is 0. The van der Waals surface area contributed by atoms with Crippen molar-refractivity contribution < 1.29 is 4.39 Å². The van der Waals surface area contributed by atoms with E-state index in [0.717, 1.165) is 0 Å². The number of alkyl halides is 1. The van der Waals surface area contributed by atoms with E-state index in [1.54, 1.807) is 12.2 Å². The summed E-state index contributed by atoms with van der Waals surface area (Å²) in [6.07, 6.45) is 6.46. The van der Waals surface area contributed by atoms with E-state index in [2.05, 4.69) is 0 Å². The lowest BCUT2D eigenvalue weighted by Crippen LogP contribution is -2.04. The third-order valence-electron chi connectivity index (χ3n) is 0.955.